The summed E-state index contributed by atoms with van der Waals surface area (Å²) in [4.78, 5) is 15.3. The third-order valence-electron chi connectivity index (χ3n) is 2.51. The zero-order valence-electron chi connectivity index (χ0n) is 12.0. The average molecular weight is 331 g/mol. The first-order chi connectivity index (χ1) is 8.57. The fourth-order valence-electron chi connectivity index (χ4n) is 1.45. The molecule has 0 saturated carbocycles. The molecule has 0 rings (SSSR count). The Labute approximate surface area is 133 Å². The van der Waals surface area contributed by atoms with Crippen LogP contribution in [0, 0.1) is 0 Å². The van der Waals surface area contributed by atoms with Crippen LogP contribution in [0.1, 0.15) is 45.4 Å². The SMILES string of the molecule is CCCCCCOC(=O)[C@@H](N)CCCN=C(N)N.Cl.Cl. The first-order valence-corrected chi connectivity index (χ1v) is 6.55. The van der Waals surface area contributed by atoms with Crippen molar-refractivity contribution in [3.05, 3.63) is 0 Å². The number of ether oxygens (including phenoxy) is 1. The van der Waals surface area contributed by atoms with E-state index < -0.39 is 6.04 Å². The summed E-state index contributed by atoms with van der Waals surface area (Å²) in [7, 11) is 0. The summed E-state index contributed by atoms with van der Waals surface area (Å²) in [6.07, 6.45) is 5.53. The van der Waals surface area contributed by atoms with E-state index >= 15 is 0 Å². The van der Waals surface area contributed by atoms with Crippen LogP contribution in [0.2, 0.25) is 0 Å². The molecule has 0 aromatic heterocycles. The highest BCUT2D eigenvalue weighted by Gasteiger charge is 2.13. The van der Waals surface area contributed by atoms with Crippen LogP contribution in [0.4, 0.5) is 0 Å². The number of esters is 1. The average Bonchev–Trinajstić information content (AvgIpc) is 2.33. The Hall–Kier alpha value is -0.720. The highest BCUT2D eigenvalue weighted by Crippen LogP contribution is 2.01. The highest BCUT2D eigenvalue weighted by atomic mass is 35.5. The van der Waals surface area contributed by atoms with E-state index in [1.54, 1.807) is 0 Å². The second-order valence-corrected chi connectivity index (χ2v) is 4.28. The standard InChI is InChI=1S/C12H26N4O2.2ClH/c1-2-3-4-5-9-18-11(17)10(13)7-6-8-16-12(14)15;;/h10H,2-9,13H2,1H3,(H4,14,15,16);2*1H/t10-;;/m0../s1. The lowest BCUT2D eigenvalue weighted by Gasteiger charge is -2.10. The van der Waals surface area contributed by atoms with Crippen molar-refractivity contribution in [3.63, 3.8) is 0 Å². The molecule has 0 aliphatic carbocycles. The van der Waals surface area contributed by atoms with Gasteiger partial charge in [-0.05, 0) is 19.3 Å². The number of unbranched alkanes of at least 4 members (excludes halogenated alkanes) is 3. The van der Waals surface area contributed by atoms with E-state index in [0.29, 0.717) is 26.0 Å². The summed E-state index contributed by atoms with van der Waals surface area (Å²) in [5, 5.41) is 0. The van der Waals surface area contributed by atoms with E-state index in [4.69, 9.17) is 21.9 Å². The smallest absolute Gasteiger partial charge is 0.322 e. The van der Waals surface area contributed by atoms with Crippen molar-refractivity contribution >= 4 is 36.7 Å². The summed E-state index contributed by atoms with van der Waals surface area (Å²) >= 11 is 0. The predicted molar refractivity (Wildman–Crippen MR) is 87.5 cm³/mol. The number of guanidine groups is 1. The van der Waals surface area contributed by atoms with Crippen molar-refractivity contribution in [1.29, 1.82) is 0 Å². The van der Waals surface area contributed by atoms with Gasteiger partial charge in [0.25, 0.3) is 0 Å². The molecule has 1 atom stereocenters. The predicted octanol–water partition coefficient (Wildman–Crippen LogP) is 1.33. The first kappa shape index (κ1) is 24.3. The number of hydrogen-bond donors (Lipinski definition) is 3. The number of rotatable bonds is 10. The summed E-state index contributed by atoms with van der Waals surface area (Å²) in [5.41, 5.74) is 16.0. The molecule has 20 heavy (non-hydrogen) atoms. The van der Waals surface area contributed by atoms with Gasteiger partial charge in [-0.2, -0.15) is 0 Å². The van der Waals surface area contributed by atoms with E-state index in [1.807, 2.05) is 0 Å². The molecule has 0 amide bonds. The lowest BCUT2D eigenvalue weighted by molar-refractivity contribution is -0.145. The van der Waals surface area contributed by atoms with Crippen molar-refractivity contribution in [3.8, 4) is 0 Å². The van der Waals surface area contributed by atoms with Crippen LogP contribution < -0.4 is 17.2 Å². The number of aliphatic imine (C=N–C) groups is 1. The molecule has 0 aliphatic rings. The number of hydrogen-bond acceptors (Lipinski definition) is 4. The molecule has 0 fully saturated rings. The lowest BCUT2D eigenvalue weighted by atomic mass is 10.1. The van der Waals surface area contributed by atoms with Crippen LogP contribution in [0.15, 0.2) is 4.99 Å². The topological polar surface area (TPSA) is 117 Å². The van der Waals surface area contributed by atoms with E-state index in [9.17, 15) is 4.79 Å². The molecule has 8 heteroatoms. The van der Waals surface area contributed by atoms with Crippen LogP contribution in [0.3, 0.4) is 0 Å². The van der Waals surface area contributed by atoms with E-state index in [2.05, 4.69) is 11.9 Å². The minimum Gasteiger partial charge on any atom is -0.465 e. The minimum absolute atomic E-state index is 0. The van der Waals surface area contributed by atoms with Gasteiger partial charge in [0.1, 0.15) is 6.04 Å². The number of carbonyl (C=O) groups excluding carboxylic acids is 1. The van der Waals surface area contributed by atoms with Crippen LogP contribution in [0.5, 0.6) is 0 Å². The number of carbonyl (C=O) groups is 1. The van der Waals surface area contributed by atoms with Gasteiger partial charge in [0.05, 0.1) is 6.61 Å². The lowest BCUT2D eigenvalue weighted by Crippen LogP contribution is -2.32. The number of nitrogens with two attached hydrogens (primary N) is 3. The Kier molecular flexibility index (Phi) is 19.9. The Morgan fingerprint density at radius 1 is 1.15 bits per heavy atom. The molecule has 0 aromatic rings. The van der Waals surface area contributed by atoms with E-state index in [1.165, 1.54) is 6.42 Å². The monoisotopic (exact) mass is 330 g/mol. The van der Waals surface area contributed by atoms with Crippen LogP contribution in [0.25, 0.3) is 0 Å². The zero-order chi connectivity index (χ0) is 13.8. The maximum Gasteiger partial charge on any atom is 0.322 e. The van der Waals surface area contributed by atoms with Gasteiger partial charge in [-0.1, -0.05) is 26.2 Å². The van der Waals surface area contributed by atoms with Gasteiger partial charge in [-0.25, -0.2) is 0 Å². The van der Waals surface area contributed by atoms with E-state index in [0.717, 1.165) is 19.3 Å². The summed E-state index contributed by atoms with van der Waals surface area (Å²) in [6, 6.07) is -0.578. The molecule has 0 unspecified atom stereocenters. The van der Waals surface area contributed by atoms with Gasteiger partial charge < -0.3 is 21.9 Å². The molecule has 0 spiro atoms. The van der Waals surface area contributed by atoms with Crippen molar-refractivity contribution in [2.45, 2.75) is 51.5 Å². The maximum atomic E-state index is 11.5. The van der Waals surface area contributed by atoms with Crippen molar-refractivity contribution in [2.75, 3.05) is 13.2 Å². The molecule has 0 aliphatic heterocycles. The molecule has 122 valence electrons. The third kappa shape index (κ3) is 15.3. The molecule has 6 nitrogen and oxygen atoms in total. The summed E-state index contributed by atoms with van der Waals surface area (Å²) < 4.78 is 5.08. The van der Waals surface area contributed by atoms with Gasteiger partial charge in [0.2, 0.25) is 0 Å². The van der Waals surface area contributed by atoms with Crippen molar-refractivity contribution < 1.29 is 9.53 Å². The third-order valence-corrected chi connectivity index (χ3v) is 2.51. The van der Waals surface area contributed by atoms with Crippen molar-refractivity contribution in [2.24, 2.45) is 22.2 Å². The van der Waals surface area contributed by atoms with Gasteiger partial charge in [0.15, 0.2) is 5.96 Å². The maximum absolute atomic E-state index is 11.5. The fourth-order valence-corrected chi connectivity index (χ4v) is 1.45. The molecule has 0 heterocycles. The molecule has 6 N–H and O–H groups in total. The molecular formula is C12H28Cl2N4O2. The van der Waals surface area contributed by atoms with Crippen LogP contribution in [-0.4, -0.2) is 31.1 Å². The molecule has 0 aromatic carbocycles. The molecule has 0 saturated heterocycles. The van der Waals surface area contributed by atoms with E-state index in [-0.39, 0.29) is 36.7 Å². The summed E-state index contributed by atoms with van der Waals surface area (Å²) in [5.74, 6) is -0.279. The molecular weight excluding hydrogens is 303 g/mol. The Morgan fingerprint density at radius 3 is 2.35 bits per heavy atom. The normalized spacial score (nSPS) is 10.7. The Bertz CT molecular complexity index is 262. The Morgan fingerprint density at radius 2 is 1.80 bits per heavy atom. The van der Waals surface area contributed by atoms with Gasteiger partial charge in [-0.3, -0.25) is 9.79 Å². The fraction of sp³-hybridized carbons (Fsp3) is 0.833. The second-order valence-electron chi connectivity index (χ2n) is 4.28. The van der Waals surface area contributed by atoms with Gasteiger partial charge in [-0.15, -0.1) is 24.8 Å². The van der Waals surface area contributed by atoms with Gasteiger partial charge in [0, 0.05) is 6.54 Å². The number of nitrogens with zero attached hydrogens (tertiary/aromatic N) is 1. The highest BCUT2D eigenvalue weighted by molar-refractivity contribution is 5.85. The number of halogens is 2. The quantitative estimate of drug-likeness (QED) is 0.242. The second kappa shape index (κ2) is 16.3. The van der Waals surface area contributed by atoms with Crippen LogP contribution in [-0.2, 0) is 9.53 Å². The van der Waals surface area contributed by atoms with Gasteiger partial charge >= 0.3 is 5.97 Å². The zero-order valence-corrected chi connectivity index (χ0v) is 13.7. The first-order valence-electron chi connectivity index (χ1n) is 6.55. The molecule has 0 bridgehead atoms. The molecule has 0 radical (unpaired) electrons. The minimum atomic E-state index is -0.578. The largest absolute Gasteiger partial charge is 0.465 e. The van der Waals surface area contributed by atoms with Crippen LogP contribution >= 0.6 is 24.8 Å². The van der Waals surface area contributed by atoms with Crippen molar-refractivity contribution in [1.82, 2.24) is 0 Å². The summed E-state index contributed by atoms with van der Waals surface area (Å²) in [6.45, 7) is 3.08. The Balaban J connectivity index is -0.00000144.